The molecule has 0 unspecified atom stereocenters. The van der Waals surface area contributed by atoms with E-state index in [2.05, 4.69) is 12.2 Å². The number of carbonyl (C=O) groups is 2. The van der Waals surface area contributed by atoms with E-state index in [-0.39, 0.29) is 17.2 Å². The summed E-state index contributed by atoms with van der Waals surface area (Å²) in [7, 11) is 0. The van der Waals surface area contributed by atoms with Crippen LogP contribution in [0.3, 0.4) is 0 Å². The number of hydrogen-bond acceptors (Lipinski definition) is 3. The number of nitrogens with one attached hydrogen (secondary N) is 1. The quantitative estimate of drug-likeness (QED) is 0.899. The molecule has 1 aliphatic rings. The van der Waals surface area contributed by atoms with E-state index in [1.54, 1.807) is 6.26 Å². The topological polar surface area (TPSA) is 62.6 Å². The summed E-state index contributed by atoms with van der Waals surface area (Å²) >= 11 is 0. The van der Waals surface area contributed by atoms with Crippen molar-refractivity contribution in [1.29, 1.82) is 0 Å². The highest BCUT2D eigenvalue weighted by Gasteiger charge is 2.35. The molecule has 5 heteroatoms. The summed E-state index contributed by atoms with van der Waals surface area (Å²) in [6.07, 6.45) is 4.02. The summed E-state index contributed by atoms with van der Waals surface area (Å²) in [6, 6.07) is 3.67. The normalized spacial score (nSPS) is 21.6. The lowest BCUT2D eigenvalue weighted by Crippen LogP contribution is -2.48. The largest absolute Gasteiger partial charge is 0.467 e. The lowest BCUT2D eigenvalue weighted by Gasteiger charge is -2.40. The van der Waals surface area contributed by atoms with Gasteiger partial charge in [-0.15, -0.1) is 0 Å². The molecule has 0 saturated carbocycles. The number of likely N-dealkylation sites (tertiary alicyclic amines) is 1. The van der Waals surface area contributed by atoms with Gasteiger partial charge in [-0.25, -0.2) is 0 Å². The summed E-state index contributed by atoms with van der Waals surface area (Å²) < 4.78 is 5.23. The highest BCUT2D eigenvalue weighted by molar-refractivity contribution is 5.81. The Balaban J connectivity index is 1.85. The van der Waals surface area contributed by atoms with Gasteiger partial charge in [-0.1, -0.05) is 34.1 Å². The Hall–Kier alpha value is -1.78. The molecule has 1 fully saturated rings. The van der Waals surface area contributed by atoms with Crippen LogP contribution in [0.5, 0.6) is 0 Å². The van der Waals surface area contributed by atoms with Crippen molar-refractivity contribution in [2.75, 3.05) is 13.1 Å². The molecule has 0 aromatic carbocycles. The van der Waals surface area contributed by atoms with Gasteiger partial charge in [-0.2, -0.15) is 0 Å². The Kier molecular flexibility index (Phi) is 6.08. The van der Waals surface area contributed by atoms with Crippen molar-refractivity contribution in [3.05, 3.63) is 24.2 Å². The first kappa shape index (κ1) is 18.6. The third-order valence-corrected chi connectivity index (χ3v) is 4.83. The summed E-state index contributed by atoms with van der Waals surface area (Å²) in [5.41, 5.74) is -0.342. The van der Waals surface area contributed by atoms with Crippen LogP contribution < -0.4 is 5.32 Å². The van der Waals surface area contributed by atoms with Crippen LogP contribution in [0.2, 0.25) is 0 Å². The zero-order valence-corrected chi connectivity index (χ0v) is 15.3. The average molecular weight is 334 g/mol. The van der Waals surface area contributed by atoms with Crippen LogP contribution in [-0.2, 0) is 16.1 Å². The monoisotopic (exact) mass is 334 g/mol. The van der Waals surface area contributed by atoms with Crippen LogP contribution in [0.25, 0.3) is 0 Å². The lowest BCUT2D eigenvalue weighted by atomic mass is 9.80. The lowest BCUT2D eigenvalue weighted by molar-refractivity contribution is -0.142. The molecular formula is C19H30N2O3. The van der Waals surface area contributed by atoms with Gasteiger partial charge < -0.3 is 14.6 Å². The molecule has 0 bridgehead atoms. The first-order chi connectivity index (χ1) is 11.3. The van der Waals surface area contributed by atoms with Gasteiger partial charge in [0.15, 0.2) is 0 Å². The zero-order chi connectivity index (χ0) is 17.7. The molecule has 0 aliphatic carbocycles. The van der Waals surface area contributed by atoms with E-state index >= 15 is 0 Å². The Morgan fingerprint density at radius 3 is 2.67 bits per heavy atom. The maximum absolute atomic E-state index is 12.5. The van der Waals surface area contributed by atoms with Crippen LogP contribution in [0, 0.1) is 17.3 Å². The summed E-state index contributed by atoms with van der Waals surface area (Å²) in [5, 5.41) is 2.92. The second-order valence-corrected chi connectivity index (χ2v) is 7.78. The van der Waals surface area contributed by atoms with Gasteiger partial charge >= 0.3 is 0 Å². The Morgan fingerprint density at radius 2 is 2.08 bits per heavy atom. The van der Waals surface area contributed by atoms with Gasteiger partial charge in [0.25, 0.3) is 0 Å². The van der Waals surface area contributed by atoms with Crippen molar-refractivity contribution in [3.63, 3.8) is 0 Å². The van der Waals surface area contributed by atoms with Crippen molar-refractivity contribution in [2.45, 2.75) is 53.5 Å². The van der Waals surface area contributed by atoms with Crippen LogP contribution in [-0.4, -0.2) is 29.8 Å². The van der Waals surface area contributed by atoms with Gasteiger partial charge in [0.05, 0.1) is 12.8 Å². The molecule has 0 radical (unpaired) electrons. The molecule has 1 N–H and O–H groups in total. The van der Waals surface area contributed by atoms with Gasteiger partial charge in [0.1, 0.15) is 5.76 Å². The first-order valence-corrected chi connectivity index (χ1v) is 8.89. The fraction of sp³-hybridized carbons (Fsp3) is 0.684. The molecule has 1 aromatic rings. The SMILES string of the molecule is CC[C@@H]1CN(C(=O)C(C)(C)C)CC[C@H]1CC(=O)NCc1ccco1. The predicted octanol–water partition coefficient (Wildman–Crippen LogP) is 3.21. The fourth-order valence-corrected chi connectivity index (χ4v) is 3.38. The highest BCUT2D eigenvalue weighted by Crippen LogP contribution is 2.31. The fourth-order valence-electron chi connectivity index (χ4n) is 3.38. The molecule has 2 rings (SSSR count). The van der Waals surface area contributed by atoms with E-state index in [0.29, 0.717) is 24.8 Å². The molecule has 1 aliphatic heterocycles. The van der Waals surface area contributed by atoms with Crippen LogP contribution in [0.15, 0.2) is 22.8 Å². The van der Waals surface area contributed by atoms with Gasteiger partial charge in [-0.05, 0) is 30.4 Å². The Labute approximate surface area is 144 Å². The average Bonchev–Trinajstić information content (AvgIpc) is 3.05. The Morgan fingerprint density at radius 1 is 1.33 bits per heavy atom. The third kappa shape index (κ3) is 4.86. The van der Waals surface area contributed by atoms with Gasteiger partial charge in [-0.3, -0.25) is 9.59 Å². The summed E-state index contributed by atoms with van der Waals surface area (Å²) in [6.45, 7) is 9.98. The minimum atomic E-state index is -0.342. The van der Waals surface area contributed by atoms with Gasteiger partial charge in [0.2, 0.25) is 11.8 Å². The third-order valence-electron chi connectivity index (χ3n) is 4.83. The summed E-state index contributed by atoms with van der Waals surface area (Å²) in [5.74, 6) is 1.77. The molecule has 2 amide bonds. The van der Waals surface area contributed by atoms with E-state index in [4.69, 9.17) is 4.42 Å². The van der Waals surface area contributed by atoms with E-state index < -0.39 is 0 Å². The van der Waals surface area contributed by atoms with Crippen molar-refractivity contribution in [2.24, 2.45) is 17.3 Å². The maximum Gasteiger partial charge on any atom is 0.227 e. The number of amides is 2. The summed E-state index contributed by atoms with van der Waals surface area (Å²) in [4.78, 5) is 26.7. The second kappa shape index (κ2) is 7.86. The number of furan rings is 1. The van der Waals surface area contributed by atoms with E-state index in [1.807, 2.05) is 37.8 Å². The minimum absolute atomic E-state index is 0.0606. The highest BCUT2D eigenvalue weighted by atomic mass is 16.3. The Bertz CT molecular complexity index is 545. The number of rotatable bonds is 5. The number of nitrogens with zero attached hydrogens (tertiary/aromatic N) is 1. The first-order valence-electron chi connectivity index (χ1n) is 8.89. The smallest absolute Gasteiger partial charge is 0.227 e. The number of carbonyl (C=O) groups excluding carboxylic acids is 2. The molecule has 2 heterocycles. The van der Waals surface area contributed by atoms with Crippen LogP contribution in [0.4, 0.5) is 0 Å². The van der Waals surface area contributed by atoms with Crippen LogP contribution >= 0.6 is 0 Å². The molecule has 1 saturated heterocycles. The van der Waals surface area contributed by atoms with E-state index in [9.17, 15) is 9.59 Å². The van der Waals surface area contributed by atoms with E-state index in [0.717, 1.165) is 31.7 Å². The standard InChI is InChI=1S/C19H30N2O3/c1-5-14-13-21(18(23)19(2,3)4)9-8-15(14)11-17(22)20-12-16-7-6-10-24-16/h6-7,10,14-15H,5,8-9,11-13H2,1-4H3,(H,20,22)/t14-,15+/m1/s1. The molecule has 1 aromatic heterocycles. The molecule has 134 valence electrons. The molecule has 2 atom stereocenters. The second-order valence-electron chi connectivity index (χ2n) is 7.78. The predicted molar refractivity (Wildman–Crippen MR) is 93.1 cm³/mol. The van der Waals surface area contributed by atoms with Crippen molar-refractivity contribution < 1.29 is 14.0 Å². The van der Waals surface area contributed by atoms with Crippen molar-refractivity contribution in [1.82, 2.24) is 10.2 Å². The zero-order valence-electron chi connectivity index (χ0n) is 15.3. The molecule has 24 heavy (non-hydrogen) atoms. The molecule has 0 spiro atoms. The number of hydrogen-bond donors (Lipinski definition) is 1. The van der Waals surface area contributed by atoms with Crippen molar-refractivity contribution >= 4 is 11.8 Å². The molecular weight excluding hydrogens is 304 g/mol. The van der Waals surface area contributed by atoms with Crippen molar-refractivity contribution in [3.8, 4) is 0 Å². The van der Waals surface area contributed by atoms with Gasteiger partial charge in [0, 0.05) is 24.9 Å². The van der Waals surface area contributed by atoms with Crippen LogP contribution in [0.1, 0.15) is 52.7 Å². The minimum Gasteiger partial charge on any atom is -0.467 e. The molecule has 5 nitrogen and oxygen atoms in total. The number of piperidine rings is 1. The van der Waals surface area contributed by atoms with E-state index in [1.165, 1.54) is 0 Å². The maximum atomic E-state index is 12.5.